The minimum absolute atomic E-state index is 0.0677. The molecule has 0 radical (unpaired) electrons. The van der Waals surface area contributed by atoms with E-state index >= 15 is 0 Å². The van der Waals surface area contributed by atoms with Crippen molar-refractivity contribution in [1.29, 1.82) is 0 Å². The number of carbonyl (C=O) groups excluding carboxylic acids is 1. The highest BCUT2D eigenvalue weighted by molar-refractivity contribution is 6.31. The molecule has 0 bridgehead atoms. The number of carboxylic acid groups (broad SMARTS) is 1. The van der Waals surface area contributed by atoms with Crippen molar-refractivity contribution >= 4 is 29.3 Å². The molecule has 9 heteroatoms. The second kappa shape index (κ2) is 7.28. The minimum Gasteiger partial charge on any atom is -0.481 e. The average molecular weight is 342 g/mol. The topological polar surface area (TPSA) is 113 Å². The lowest BCUT2D eigenvalue weighted by molar-refractivity contribution is -0.384. The van der Waals surface area contributed by atoms with Gasteiger partial charge in [-0.05, 0) is 24.5 Å². The molecule has 124 valence electrons. The summed E-state index contributed by atoms with van der Waals surface area (Å²) in [5, 5.41) is 22.7. The number of nitrogens with one attached hydrogen (secondary N) is 1. The number of likely N-dealkylation sites (tertiary alicyclic amines) is 1. The number of halogens is 1. The summed E-state index contributed by atoms with van der Waals surface area (Å²) in [5.41, 5.74) is 0.357. The third-order valence-electron chi connectivity index (χ3n) is 3.80. The molecular formula is C14H16ClN3O5. The highest BCUT2D eigenvalue weighted by Crippen LogP contribution is 2.22. The smallest absolute Gasteiger partial charge is 0.317 e. The predicted octanol–water partition coefficient (Wildman–Crippen LogP) is 2.25. The van der Waals surface area contributed by atoms with Crippen LogP contribution in [0, 0.1) is 16.0 Å². The lowest BCUT2D eigenvalue weighted by Crippen LogP contribution is -2.45. The maximum atomic E-state index is 12.1. The number of nitrogens with zero attached hydrogens (tertiary/aromatic N) is 2. The van der Waals surface area contributed by atoms with Crippen molar-refractivity contribution in [3.8, 4) is 0 Å². The van der Waals surface area contributed by atoms with E-state index in [0.717, 1.165) is 0 Å². The zero-order valence-electron chi connectivity index (χ0n) is 12.2. The zero-order valence-corrected chi connectivity index (χ0v) is 13.0. The SMILES string of the molecule is O=C(O)C1CCN(C(=O)NCc2cc([N+](=O)[O-])ccc2Cl)CC1. The number of urea groups is 1. The second-order valence-corrected chi connectivity index (χ2v) is 5.70. The number of non-ortho nitro benzene ring substituents is 1. The van der Waals surface area contributed by atoms with Crippen molar-refractivity contribution in [2.45, 2.75) is 19.4 Å². The van der Waals surface area contributed by atoms with Gasteiger partial charge in [-0.25, -0.2) is 4.79 Å². The van der Waals surface area contributed by atoms with Crippen molar-refractivity contribution in [3.63, 3.8) is 0 Å². The fourth-order valence-corrected chi connectivity index (χ4v) is 2.61. The molecule has 0 aliphatic carbocycles. The number of amides is 2. The van der Waals surface area contributed by atoms with Gasteiger partial charge in [-0.15, -0.1) is 0 Å². The second-order valence-electron chi connectivity index (χ2n) is 5.29. The first-order valence-electron chi connectivity index (χ1n) is 7.07. The fraction of sp³-hybridized carbons (Fsp3) is 0.429. The largest absolute Gasteiger partial charge is 0.481 e. The predicted molar refractivity (Wildman–Crippen MR) is 82.3 cm³/mol. The van der Waals surface area contributed by atoms with Crippen molar-refractivity contribution in [2.24, 2.45) is 5.92 Å². The fourth-order valence-electron chi connectivity index (χ4n) is 2.42. The van der Waals surface area contributed by atoms with Crippen LogP contribution in [0.1, 0.15) is 18.4 Å². The average Bonchev–Trinajstić information content (AvgIpc) is 2.53. The van der Waals surface area contributed by atoms with Crippen LogP contribution in [-0.4, -0.2) is 40.0 Å². The Morgan fingerprint density at radius 2 is 2.04 bits per heavy atom. The molecule has 2 N–H and O–H groups in total. The Balaban J connectivity index is 1.91. The van der Waals surface area contributed by atoms with Crippen LogP contribution in [0.25, 0.3) is 0 Å². The van der Waals surface area contributed by atoms with E-state index in [1.165, 1.54) is 23.1 Å². The summed E-state index contributed by atoms with van der Waals surface area (Å²) >= 11 is 5.97. The van der Waals surface area contributed by atoms with Crippen LogP contribution in [0.5, 0.6) is 0 Å². The Morgan fingerprint density at radius 1 is 1.39 bits per heavy atom. The molecule has 0 aromatic heterocycles. The number of hydrogen-bond acceptors (Lipinski definition) is 4. The number of hydrogen-bond donors (Lipinski definition) is 2. The van der Waals surface area contributed by atoms with E-state index in [1.807, 2.05) is 0 Å². The Kier molecular flexibility index (Phi) is 5.38. The van der Waals surface area contributed by atoms with Crippen LogP contribution in [0.2, 0.25) is 5.02 Å². The number of carboxylic acids is 1. The minimum atomic E-state index is -0.839. The Hall–Kier alpha value is -2.35. The molecule has 2 amide bonds. The maximum absolute atomic E-state index is 12.1. The van der Waals surface area contributed by atoms with Gasteiger partial charge < -0.3 is 15.3 Å². The molecule has 1 aliphatic heterocycles. The molecule has 1 fully saturated rings. The number of aliphatic carboxylic acids is 1. The summed E-state index contributed by atoms with van der Waals surface area (Å²) in [6.45, 7) is 0.801. The summed E-state index contributed by atoms with van der Waals surface area (Å²) in [5.74, 6) is -1.25. The van der Waals surface area contributed by atoms with Crippen LogP contribution >= 0.6 is 11.6 Å². The maximum Gasteiger partial charge on any atom is 0.317 e. The molecule has 1 aromatic rings. The van der Waals surface area contributed by atoms with Crippen molar-refractivity contribution in [3.05, 3.63) is 38.9 Å². The summed E-state index contributed by atoms with van der Waals surface area (Å²) < 4.78 is 0. The van der Waals surface area contributed by atoms with Crippen molar-refractivity contribution in [1.82, 2.24) is 10.2 Å². The van der Waals surface area contributed by atoms with Gasteiger partial charge in [0.1, 0.15) is 0 Å². The quantitative estimate of drug-likeness (QED) is 0.644. The summed E-state index contributed by atoms with van der Waals surface area (Å²) in [4.78, 5) is 34.7. The molecule has 0 saturated carbocycles. The molecule has 0 unspecified atom stereocenters. The first-order chi connectivity index (χ1) is 10.9. The van der Waals surface area contributed by atoms with Gasteiger partial charge in [0, 0.05) is 36.8 Å². The van der Waals surface area contributed by atoms with Gasteiger partial charge in [0.2, 0.25) is 0 Å². The van der Waals surface area contributed by atoms with Gasteiger partial charge in [0.15, 0.2) is 0 Å². The summed E-state index contributed by atoms with van der Waals surface area (Å²) in [6, 6.07) is 3.69. The van der Waals surface area contributed by atoms with Crippen LogP contribution in [-0.2, 0) is 11.3 Å². The van der Waals surface area contributed by atoms with Crippen LogP contribution in [0.4, 0.5) is 10.5 Å². The molecule has 23 heavy (non-hydrogen) atoms. The molecule has 0 spiro atoms. The van der Waals surface area contributed by atoms with E-state index in [9.17, 15) is 19.7 Å². The number of rotatable bonds is 4. The van der Waals surface area contributed by atoms with E-state index in [1.54, 1.807) is 0 Å². The molecule has 1 heterocycles. The lowest BCUT2D eigenvalue weighted by Gasteiger charge is -2.30. The normalized spacial score (nSPS) is 15.3. The first-order valence-corrected chi connectivity index (χ1v) is 7.44. The number of carbonyl (C=O) groups is 2. The van der Waals surface area contributed by atoms with Gasteiger partial charge in [0.05, 0.1) is 10.8 Å². The van der Waals surface area contributed by atoms with Gasteiger partial charge in [0.25, 0.3) is 5.69 Å². The molecule has 1 aromatic carbocycles. The summed E-state index contributed by atoms with van der Waals surface area (Å²) in [7, 11) is 0. The standard InChI is InChI=1S/C14H16ClN3O5/c15-12-2-1-11(18(22)23)7-10(12)8-16-14(21)17-5-3-9(4-6-17)13(19)20/h1-2,7,9H,3-6,8H2,(H,16,21)(H,19,20). The van der Waals surface area contributed by atoms with E-state index < -0.39 is 16.8 Å². The van der Waals surface area contributed by atoms with Crippen molar-refractivity contribution < 1.29 is 19.6 Å². The van der Waals surface area contributed by atoms with Crippen LogP contribution < -0.4 is 5.32 Å². The molecule has 0 atom stereocenters. The molecule has 8 nitrogen and oxygen atoms in total. The highest BCUT2D eigenvalue weighted by Gasteiger charge is 2.26. The summed E-state index contributed by atoms with van der Waals surface area (Å²) in [6.07, 6.45) is 0.834. The third-order valence-corrected chi connectivity index (χ3v) is 4.17. The zero-order chi connectivity index (χ0) is 17.0. The van der Waals surface area contributed by atoms with E-state index in [-0.39, 0.29) is 18.3 Å². The molecule has 1 saturated heterocycles. The molecule has 2 rings (SSSR count). The number of nitro groups is 1. The lowest BCUT2D eigenvalue weighted by atomic mass is 9.97. The van der Waals surface area contributed by atoms with E-state index in [4.69, 9.17) is 16.7 Å². The monoisotopic (exact) mass is 341 g/mol. The number of piperidine rings is 1. The molecular weight excluding hydrogens is 326 g/mol. The van der Waals surface area contributed by atoms with Gasteiger partial charge in [-0.3, -0.25) is 14.9 Å². The Bertz CT molecular complexity index is 629. The molecule has 1 aliphatic rings. The first kappa shape index (κ1) is 17.0. The van der Waals surface area contributed by atoms with Crippen LogP contribution in [0.3, 0.4) is 0 Å². The van der Waals surface area contributed by atoms with Crippen LogP contribution in [0.15, 0.2) is 18.2 Å². The van der Waals surface area contributed by atoms with E-state index in [0.29, 0.717) is 36.5 Å². The Morgan fingerprint density at radius 3 is 2.61 bits per heavy atom. The number of nitro benzene ring substituents is 1. The highest BCUT2D eigenvalue weighted by atomic mass is 35.5. The third kappa shape index (κ3) is 4.32. The van der Waals surface area contributed by atoms with Crippen molar-refractivity contribution in [2.75, 3.05) is 13.1 Å². The van der Waals surface area contributed by atoms with Gasteiger partial charge in [-0.2, -0.15) is 0 Å². The van der Waals surface area contributed by atoms with E-state index in [2.05, 4.69) is 5.32 Å². The number of benzene rings is 1. The Labute approximate surface area is 137 Å². The van der Waals surface area contributed by atoms with Gasteiger partial charge >= 0.3 is 12.0 Å². The van der Waals surface area contributed by atoms with Gasteiger partial charge in [-0.1, -0.05) is 11.6 Å².